The molecular formula is C20H28O6. The highest BCUT2D eigenvalue weighted by Crippen LogP contribution is 2.47. The van der Waals surface area contributed by atoms with Crippen LogP contribution in [-0.4, -0.2) is 40.6 Å². The van der Waals surface area contributed by atoms with E-state index in [0.717, 1.165) is 0 Å². The minimum absolute atomic E-state index is 0.237. The molecule has 3 heterocycles. The summed E-state index contributed by atoms with van der Waals surface area (Å²) in [6.07, 6.45) is 2.60. The van der Waals surface area contributed by atoms with Crippen LogP contribution in [0.3, 0.4) is 0 Å². The molecule has 0 amide bonds. The topological polar surface area (TPSA) is 82.1 Å². The molecule has 1 N–H and O–H groups in total. The monoisotopic (exact) mass is 364 g/mol. The average Bonchev–Trinajstić information content (AvgIpc) is 3.03. The summed E-state index contributed by atoms with van der Waals surface area (Å²) in [6.45, 7) is 11.3. The van der Waals surface area contributed by atoms with Gasteiger partial charge in [-0.05, 0) is 38.3 Å². The van der Waals surface area contributed by atoms with Gasteiger partial charge in [-0.1, -0.05) is 20.4 Å². The number of fused-ring (bicyclic) bond motifs is 3. The maximum atomic E-state index is 12.5. The SMILES string of the molecule is C=C1C(=O)O[C@@H]2/C=C(/C)[C@@]3(O)CC[C@@](C)(C[C@@H](OC(=O)[C@H](C)CC)[C@@H]12)O3. The van der Waals surface area contributed by atoms with Gasteiger partial charge in [-0.15, -0.1) is 0 Å². The predicted octanol–water partition coefficient (Wildman–Crippen LogP) is 2.65. The van der Waals surface area contributed by atoms with Crippen molar-refractivity contribution in [3.8, 4) is 0 Å². The molecule has 2 saturated heterocycles. The summed E-state index contributed by atoms with van der Waals surface area (Å²) in [5, 5.41) is 10.9. The fraction of sp³-hybridized carbons (Fsp3) is 0.700. The Morgan fingerprint density at radius 2 is 2.19 bits per heavy atom. The Bertz CT molecular complexity index is 667. The van der Waals surface area contributed by atoms with Gasteiger partial charge in [0.05, 0.1) is 17.4 Å². The molecule has 0 aliphatic carbocycles. The Labute approximate surface area is 154 Å². The first kappa shape index (κ1) is 19.1. The number of esters is 2. The number of rotatable bonds is 3. The van der Waals surface area contributed by atoms with Crippen LogP contribution in [0.2, 0.25) is 0 Å². The van der Waals surface area contributed by atoms with E-state index in [1.54, 1.807) is 13.0 Å². The Balaban J connectivity index is 2.00. The standard InChI is InChI=1S/C20H28O6/c1-6-11(2)17(21)25-15-10-19(5)7-8-20(23,26-19)12(3)9-14-16(15)13(4)18(22)24-14/h9,11,14-16,23H,4,6-8,10H2,1-3,5H3/b12-9-/t11-,14-,15-,16+,19+,20-/m1/s1. The second-order valence-corrected chi connectivity index (χ2v) is 8.10. The van der Waals surface area contributed by atoms with Gasteiger partial charge < -0.3 is 19.3 Å². The molecule has 2 fully saturated rings. The predicted molar refractivity (Wildman–Crippen MR) is 93.9 cm³/mol. The van der Waals surface area contributed by atoms with Crippen LogP contribution in [0, 0.1) is 11.8 Å². The van der Waals surface area contributed by atoms with Crippen LogP contribution in [-0.2, 0) is 23.8 Å². The molecule has 2 bridgehead atoms. The van der Waals surface area contributed by atoms with E-state index in [9.17, 15) is 14.7 Å². The van der Waals surface area contributed by atoms with E-state index in [-0.39, 0.29) is 11.9 Å². The minimum atomic E-state index is -1.38. The van der Waals surface area contributed by atoms with Crippen molar-refractivity contribution < 1.29 is 28.9 Å². The Morgan fingerprint density at radius 1 is 1.50 bits per heavy atom. The summed E-state index contributed by atoms with van der Waals surface area (Å²) < 4.78 is 17.3. The molecule has 3 aliphatic heterocycles. The summed E-state index contributed by atoms with van der Waals surface area (Å²) in [5.74, 6) is -2.89. The van der Waals surface area contributed by atoms with Gasteiger partial charge in [-0.2, -0.15) is 0 Å². The van der Waals surface area contributed by atoms with Crippen molar-refractivity contribution >= 4 is 11.9 Å². The van der Waals surface area contributed by atoms with Gasteiger partial charge in [0, 0.05) is 18.4 Å². The molecule has 3 rings (SSSR count). The molecular weight excluding hydrogens is 336 g/mol. The maximum Gasteiger partial charge on any atom is 0.334 e. The molecule has 6 heteroatoms. The normalized spacial score (nSPS) is 42.7. The third kappa shape index (κ3) is 3.21. The maximum absolute atomic E-state index is 12.5. The zero-order valence-electron chi connectivity index (χ0n) is 15.9. The zero-order chi connectivity index (χ0) is 19.3. The highest BCUT2D eigenvalue weighted by molar-refractivity contribution is 5.91. The molecule has 0 radical (unpaired) electrons. The molecule has 0 saturated carbocycles. The lowest BCUT2D eigenvalue weighted by Gasteiger charge is -2.33. The number of carbonyl (C=O) groups excluding carboxylic acids is 2. The van der Waals surface area contributed by atoms with Crippen molar-refractivity contribution in [1.29, 1.82) is 0 Å². The Hall–Kier alpha value is -1.66. The van der Waals surface area contributed by atoms with E-state index in [0.29, 0.717) is 36.8 Å². The second-order valence-electron chi connectivity index (χ2n) is 8.10. The smallest absolute Gasteiger partial charge is 0.334 e. The van der Waals surface area contributed by atoms with Crippen LogP contribution < -0.4 is 0 Å². The van der Waals surface area contributed by atoms with Gasteiger partial charge in [0.15, 0.2) is 5.79 Å². The lowest BCUT2D eigenvalue weighted by Crippen LogP contribution is -2.40. The molecule has 0 spiro atoms. The average molecular weight is 364 g/mol. The third-order valence-corrected chi connectivity index (χ3v) is 6.02. The summed E-state index contributed by atoms with van der Waals surface area (Å²) in [6, 6.07) is 0. The lowest BCUT2D eigenvalue weighted by molar-refractivity contribution is -0.203. The van der Waals surface area contributed by atoms with E-state index in [2.05, 4.69) is 6.58 Å². The number of carbonyl (C=O) groups is 2. The van der Waals surface area contributed by atoms with Crippen LogP contribution in [0.5, 0.6) is 0 Å². The molecule has 0 aromatic rings. The van der Waals surface area contributed by atoms with Crippen LogP contribution in [0.1, 0.15) is 53.4 Å². The fourth-order valence-corrected chi connectivity index (χ4v) is 4.02. The first-order chi connectivity index (χ1) is 12.1. The molecule has 6 atom stereocenters. The number of aliphatic hydroxyl groups is 1. The first-order valence-electron chi connectivity index (χ1n) is 9.30. The van der Waals surface area contributed by atoms with E-state index in [1.165, 1.54) is 0 Å². The Morgan fingerprint density at radius 3 is 2.85 bits per heavy atom. The minimum Gasteiger partial charge on any atom is -0.461 e. The van der Waals surface area contributed by atoms with Gasteiger partial charge in [-0.3, -0.25) is 4.79 Å². The fourth-order valence-electron chi connectivity index (χ4n) is 4.02. The third-order valence-electron chi connectivity index (χ3n) is 6.02. The van der Waals surface area contributed by atoms with Crippen molar-refractivity contribution in [2.24, 2.45) is 11.8 Å². The number of ether oxygens (including phenoxy) is 3. The Kier molecular flexibility index (Phi) is 4.78. The second kappa shape index (κ2) is 6.50. The van der Waals surface area contributed by atoms with Crippen molar-refractivity contribution in [3.05, 3.63) is 23.8 Å². The van der Waals surface area contributed by atoms with E-state index in [4.69, 9.17) is 14.2 Å². The largest absolute Gasteiger partial charge is 0.461 e. The molecule has 144 valence electrons. The van der Waals surface area contributed by atoms with Gasteiger partial charge in [-0.25, -0.2) is 4.79 Å². The molecule has 3 aliphatic rings. The number of hydrogen-bond donors (Lipinski definition) is 1. The quantitative estimate of drug-likeness (QED) is 0.471. The summed E-state index contributed by atoms with van der Waals surface area (Å²) >= 11 is 0. The van der Waals surface area contributed by atoms with Gasteiger partial charge in [0.1, 0.15) is 12.2 Å². The van der Waals surface area contributed by atoms with Crippen molar-refractivity contribution in [3.63, 3.8) is 0 Å². The van der Waals surface area contributed by atoms with E-state index in [1.807, 2.05) is 20.8 Å². The van der Waals surface area contributed by atoms with Crippen molar-refractivity contribution in [1.82, 2.24) is 0 Å². The van der Waals surface area contributed by atoms with Gasteiger partial charge in [0.2, 0.25) is 0 Å². The summed E-state index contributed by atoms with van der Waals surface area (Å²) in [4.78, 5) is 24.6. The zero-order valence-corrected chi connectivity index (χ0v) is 15.9. The van der Waals surface area contributed by atoms with Crippen LogP contribution in [0.15, 0.2) is 23.8 Å². The van der Waals surface area contributed by atoms with Gasteiger partial charge in [0.25, 0.3) is 0 Å². The molecule has 26 heavy (non-hydrogen) atoms. The highest BCUT2D eigenvalue weighted by atomic mass is 16.6. The van der Waals surface area contributed by atoms with Crippen LogP contribution >= 0.6 is 0 Å². The van der Waals surface area contributed by atoms with E-state index < -0.39 is 35.5 Å². The highest BCUT2D eigenvalue weighted by Gasteiger charge is 2.54. The van der Waals surface area contributed by atoms with E-state index >= 15 is 0 Å². The molecule has 6 nitrogen and oxygen atoms in total. The molecule has 0 unspecified atom stereocenters. The van der Waals surface area contributed by atoms with Crippen LogP contribution in [0.25, 0.3) is 0 Å². The van der Waals surface area contributed by atoms with Gasteiger partial charge >= 0.3 is 11.9 Å². The summed E-state index contributed by atoms with van der Waals surface area (Å²) in [5.41, 5.74) is 0.243. The van der Waals surface area contributed by atoms with Crippen LogP contribution in [0.4, 0.5) is 0 Å². The summed E-state index contributed by atoms with van der Waals surface area (Å²) in [7, 11) is 0. The van der Waals surface area contributed by atoms with Crippen molar-refractivity contribution in [2.45, 2.75) is 77.0 Å². The molecule has 0 aromatic carbocycles. The van der Waals surface area contributed by atoms with Crippen molar-refractivity contribution in [2.75, 3.05) is 0 Å². The molecule has 0 aromatic heterocycles. The first-order valence-corrected chi connectivity index (χ1v) is 9.30. The lowest BCUT2D eigenvalue weighted by atomic mass is 9.81. The number of hydrogen-bond acceptors (Lipinski definition) is 6.